The number of benzene rings is 1. The first-order valence-electron chi connectivity index (χ1n) is 8.08. The normalized spacial score (nSPS) is 12.7. The molecule has 1 unspecified atom stereocenters. The first-order valence-corrected chi connectivity index (χ1v) is 8.08. The molecule has 20 heavy (non-hydrogen) atoms. The van der Waals surface area contributed by atoms with Crippen molar-refractivity contribution >= 4 is 0 Å². The Kier molecular flexibility index (Phi) is 8.36. The molecule has 0 fully saturated rings. The molecule has 0 radical (unpaired) electrons. The highest BCUT2D eigenvalue weighted by molar-refractivity contribution is 5.27. The second-order valence-electron chi connectivity index (χ2n) is 5.99. The summed E-state index contributed by atoms with van der Waals surface area (Å²) >= 11 is 0. The van der Waals surface area contributed by atoms with E-state index in [1.54, 1.807) is 0 Å². The SMILES string of the molecule is CCCNCCC(C)CCc1ccc(OC(C)C)cc1. The van der Waals surface area contributed by atoms with Gasteiger partial charge in [-0.2, -0.15) is 0 Å². The fourth-order valence-corrected chi connectivity index (χ4v) is 2.21. The van der Waals surface area contributed by atoms with E-state index in [1.807, 2.05) is 0 Å². The minimum absolute atomic E-state index is 0.247. The van der Waals surface area contributed by atoms with Gasteiger partial charge in [-0.15, -0.1) is 0 Å². The average Bonchev–Trinajstić information content (AvgIpc) is 2.42. The highest BCUT2D eigenvalue weighted by Crippen LogP contribution is 2.17. The third-order valence-corrected chi connectivity index (χ3v) is 3.46. The molecule has 0 aliphatic rings. The Morgan fingerprint density at radius 1 is 1.00 bits per heavy atom. The third-order valence-electron chi connectivity index (χ3n) is 3.46. The van der Waals surface area contributed by atoms with Gasteiger partial charge in [-0.25, -0.2) is 0 Å². The maximum absolute atomic E-state index is 5.66. The first-order chi connectivity index (χ1) is 9.61. The smallest absolute Gasteiger partial charge is 0.119 e. The highest BCUT2D eigenvalue weighted by atomic mass is 16.5. The van der Waals surface area contributed by atoms with Gasteiger partial charge in [-0.05, 0) is 76.2 Å². The summed E-state index contributed by atoms with van der Waals surface area (Å²) in [5.74, 6) is 1.76. The van der Waals surface area contributed by atoms with E-state index in [0.29, 0.717) is 0 Å². The van der Waals surface area contributed by atoms with Gasteiger partial charge in [0.05, 0.1) is 6.10 Å². The number of aryl methyl sites for hydroxylation is 1. The number of nitrogens with one attached hydrogen (secondary N) is 1. The zero-order chi connectivity index (χ0) is 14.8. The fourth-order valence-electron chi connectivity index (χ4n) is 2.21. The molecule has 0 aliphatic carbocycles. The second kappa shape index (κ2) is 9.82. The van der Waals surface area contributed by atoms with E-state index >= 15 is 0 Å². The van der Waals surface area contributed by atoms with Crippen LogP contribution in [0.1, 0.15) is 52.5 Å². The summed E-state index contributed by atoms with van der Waals surface area (Å²) in [6, 6.07) is 8.56. The summed E-state index contributed by atoms with van der Waals surface area (Å²) < 4.78 is 5.66. The molecule has 1 aromatic rings. The standard InChI is InChI=1S/C18H31NO/c1-5-13-19-14-12-16(4)6-7-17-8-10-18(11-9-17)20-15(2)3/h8-11,15-16,19H,5-7,12-14H2,1-4H3. The van der Waals surface area contributed by atoms with Crippen molar-refractivity contribution in [2.75, 3.05) is 13.1 Å². The zero-order valence-corrected chi connectivity index (χ0v) is 13.6. The van der Waals surface area contributed by atoms with E-state index in [2.05, 4.69) is 57.3 Å². The summed E-state index contributed by atoms with van der Waals surface area (Å²) in [5.41, 5.74) is 1.41. The van der Waals surface area contributed by atoms with Gasteiger partial charge < -0.3 is 10.1 Å². The van der Waals surface area contributed by atoms with Crippen molar-refractivity contribution in [2.24, 2.45) is 5.92 Å². The van der Waals surface area contributed by atoms with E-state index in [1.165, 1.54) is 24.8 Å². The van der Waals surface area contributed by atoms with Crippen LogP contribution in [0.2, 0.25) is 0 Å². The maximum Gasteiger partial charge on any atom is 0.119 e. The Hall–Kier alpha value is -1.02. The molecule has 0 amide bonds. The predicted octanol–water partition coefficient (Wildman–Crippen LogP) is 4.43. The molecule has 1 atom stereocenters. The Morgan fingerprint density at radius 3 is 2.30 bits per heavy atom. The van der Waals surface area contributed by atoms with Crippen molar-refractivity contribution < 1.29 is 4.74 Å². The van der Waals surface area contributed by atoms with Gasteiger partial charge in [0, 0.05) is 0 Å². The van der Waals surface area contributed by atoms with E-state index < -0.39 is 0 Å². The Balaban J connectivity index is 2.23. The summed E-state index contributed by atoms with van der Waals surface area (Å²) in [5, 5.41) is 3.47. The monoisotopic (exact) mass is 277 g/mol. The van der Waals surface area contributed by atoms with E-state index in [-0.39, 0.29) is 6.10 Å². The molecule has 1 N–H and O–H groups in total. The van der Waals surface area contributed by atoms with E-state index in [4.69, 9.17) is 4.74 Å². The van der Waals surface area contributed by atoms with Crippen LogP contribution in [0.15, 0.2) is 24.3 Å². The second-order valence-corrected chi connectivity index (χ2v) is 5.99. The Labute approximate surface area is 124 Å². The molecule has 0 spiro atoms. The molecule has 1 aromatic carbocycles. The number of hydrogen-bond donors (Lipinski definition) is 1. The lowest BCUT2D eigenvalue weighted by Crippen LogP contribution is -2.18. The van der Waals surface area contributed by atoms with Crippen molar-refractivity contribution in [3.05, 3.63) is 29.8 Å². The van der Waals surface area contributed by atoms with Gasteiger partial charge >= 0.3 is 0 Å². The van der Waals surface area contributed by atoms with Gasteiger partial charge in [-0.1, -0.05) is 26.0 Å². The molecule has 2 heteroatoms. The zero-order valence-electron chi connectivity index (χ0n) is 13.6. The lowest BCUT2D eigenvalue weighted by molar-refractivity contribution is 0.242. The van der Waals surface area contributed by atoms with Crippen molar-refractivity contribution in [1.29, 1.82) is 0 Å². The number of ether oxygens (including phenoxy) is 1. The number of rotatable bonds is 10. The van der Waals surface area contributed by atoms with Crippen LogP contribution in [0, 0.1) is 5.92 Å². The van der Waals surface area contributed by atoms with Gasteiger partial charge in [0.15, 0.2) is 0 Å². The molecule has 1 rings (SSSR count). The van der Waals surface area contributed by atoms with Gasteiger partial charge in [0.1, 0.15) is 5.75 Å². The molecule has 0 aromatic heterocycles. The van der Waals surface area contributed by atoms with E-state index in [0.717, 1.165) is 31.2 Å². The summed E-state index contributed by atoms with van der Waals surface area (Å²) in [6.07, 6.45) is 5.17. The highest BCUT2D eigenvalue weighted by Gasteiger charge is 2.03. The summed E-state index contributed by atoms with van der Waals surface area (Å²) in [7, 11) is 0. The Morgan fingerprint density at radius 2 is 1.70 bits per heavy atom. The molecule has 2 nitrogen and oxygen atoms in total. The molecular weight excluding hydrogens is 246 g/mol. The van der Waals surface area contributed by atoms with E-state index in [9.17, 15) is 0 Å². The molecule has 114 valence electrons. The van der Waals surface area contributed by atoms with Crippen LogP contribution < -0.4 is 10.1 Å². The van der Waals surface area contributed by atoms with Gasteiger partial charge in [-0.3, -0.25) is 0 Å². The van der Waals surface area contributed by atoms with Crippen molar-refractivity contribution in [2.45, 2.75) is 59.5 Å². The third kappa shape index (κ3) is 7.54. The van der Waals surface area contributed by atoms with Gasteiger partial charge in [0.2, 0.25) is 0 Å². The average molecular weight is 277 g/mol. The lowest BCUT2D eigenvalue weighted by atomic mass is 9.98. The van der Waals surface area contributed by atoms with Crippen molar-refractivity contribution in [3.63, 3.8) is 0 Å². The Bertz CT molecular complexity index is 345. The molecular formula is C18H31NO. The van der Waals surface area contributed by atoms with Crippen LogP contribution in [-0.2, 0) is 6.42 Å². The molecule has 0 bridgehead atoms. The van der Waals surface area contributed by atoms with Crippen LogP contribution >= 0.6 is 0 Å². The lowest BCUT2D eigenvalue weighted by Gasteiger charge is -2.13. The van der Waals surface area contributed by atoms with Crippen LogP contribution in [0.3, 0.4) is 0 Å². The van der Waals surface area contributed by atoms with Crippen molar-refractivity contribution in [3.8, 4) is 5.75 Å². The van der Waals surface area contributed by atoms with Crippen LogP contribution in [-0.4, -0.2) is 19.2 Å². The largest absolute Gasteiger partial charge is 0.491 e. The fraction of sp³-hybridized carbons (Fsp3) is 0.667. The minimum atomic E-state index is 0.247. The summed E-state index contributed by atoms with van der Waals surface area (Å²) in [4.78, 5) is 0. The maximum atomic E-state index is 5.66. The molecule has 0 aliphatic heterocycles. The molecule has 0 saturated carbocycles. The predicted molar refractivity (Wildman–Crippen MR) is 87.5 cm³/mol. The number of hydrogen-bond acceptors (Lipinski definition) is 2. The van der Waals surface area contributed by atoms with Crippen LogP contribution in [0.4, 0.5) is 0 Å². The van der Waals surface area contributed by atoms with Crippen LogP contribution in [0.5, 0.6) is 5.75 Å². The van der Waals surface area contributed by atoms with Crippen molar-refractivity contribution in [1.82, 2.24) is 5.32 Å². The quantitative estimate of drug-likeness (QED) is 0.639. The molecule has 0 heterocycles. The first kappa shape index (κ1) is 17.0. The van der Waals surface area contributed by atoms with Crippen LogP contribution in [0.25, 0.3) is 0 Å². The summed E-state index contributed by atoms with van der Waals surface area (Å²) in [6.45, 7) is 11.0. The minimum Gasteiger partial charge on any atom is -0.491 e. The molecule has 0 saturated heterocycles. The topological polar surface area (TPSA) is 21.3 Å². The van der Waals surface area contributed by atoms with Gasteiger partial charge in [0.25, 0.3) is 0 Å².